The number of benzene rings is 1. The summed E-state index contributed by atoms with van der Waals surface area (Å²) in [5, 5.41) is 11.4. The molecule has 0 saturated heterocycles. The van der Waals surface area contributed by atoms with Crippen molar-refractivity contribution in [2.45, 2.75) is 6.54 Å². The summed E-state index contributed by atoms with van der Waals surface area (Å²) in [7, 11) is 3.84. The monoisotopic (exact) mass is 200 g/mol. The van der Waals surface area contributed by atoms with Crippen LogP contribution in [0.2, 0.25) is 5.02 Å². The lowest BCUT2D eigenvalue weighted by Gasteiger charge is -2.11. The minimum absolute atomic E-state index is 0.121. The van der Waals surface area contributed by atoms with Gasteiger partial charge in [-0.25, -0.2) is 0 Å². The maximum absolute atomic E-state index is 9.16. The molecule has 0 aliphatic heterocycles. The second-order valence-electron chi connectivity index (χ2n) is 3.02. The van der Waals surface area contributed by atoms with Crippen LogP contribution in [0.4, 0.5) is 0 Å². The number of hydrogen-bond acceptors (Lipinski definition) is 3. The number of hydrazine groups is 1. The fraction of sp³-hybridized carbons (Fsp3) is 0.333. The lowest BCUT2D eigenvalue weighted by molar-refractivity contribution is 0.286. The molecule has 1 rings (SSSR count). The van der Waals surface area contributed by atoms with Gasteiger partial charge in [-0.3, -0.25) is 10.4 Å². The van der Waals surface area contributed by atoms with Crippen LogP contribution in [0.15, 0.2) is 18.2 Å². The molecule has 2 N–H and O–H groups in total. The molecule has 0 aliphatic rings. The van der Waals surface area contributed by atoms with Gasteiger partial charge in [-0.2, -0.15) is 0 Å². The minimum atomic E-state index is 0.121. The van der Waals surface area contributed by atoms with Gasteiger partial charge in [0.1, 0.15) is 5.75 Å². The van der Waals surface area contributed by atoms with E-state index < -0.39 is 0 Å². The summed E-state index contributed by atoms with van der Waals surface area (Å²) < 4.78 is 0. The molecule has 0 unspecified atom stereocenters. The molecular weight excluding hydrogens is 188 g/mol. The fourth-order valence-corrected chi connectivity index (χ4v) is 1.11. The SMILES string of the molecule is CN(C)NCc1ccc(O)c(Cl)c1. The first-order valence-corrected chi connectivity index (χ1v) is 4.35. The van der Waals surface area contributed by atoms with Gasteiger partial charge in [0.2, 0.25) is 0 Å². The van der Waals surface area contributed by atoms with Crippen molar-refractivity contribution in [2.75, 3.05) is 14.1 Å². The van der Waals surface area contributed by atoms with E-state index in [2.05, 4.69) is 5.43 Å². The lowest BCUT2D eigenvalue weighted by atomic mass is 10.2. The third-order valence-electron chi connectivity index (χ3n) is 1.61. The summed E-state index contributed by atoms with van der Waals surface area (Å²) in [4.78, 5) is 0. The first-order valence-electron chi connectivity index (χ1n) is 3.98. The fourth-order valence-electron chi connectivity index (χ4n) is 0.910. The van der Waals surface area contributed by atoms with Gasteiger partial charge in [0.15, 0.2) is 0 Å². The molecule has 1 aromatic carbocycles. The van der Waals surface area contributed by atoms with Gasteiger partial charge in [0.25, 0.3) is 0 Å². The molecule has 0 aliphatic carbocycles. The summed E-state index contributed by atoms with van der Waals surface area (Å²) in [6.45, 7) is 0.701. The maximum atomic E-state index is 9.16. The van der Waals surface area contributed by atoms with E-state index in [9.17, 15) is 0 Å². The first-order chi connectivity index (χ1) is 6.09. The summed E-state index contributed by atoms with van der Waals surface area (Å²) >= 11 is 5.74. The number of hydrogen-bond donors (Lipinski definition) is 2. The van der Waals surface area contributed by atoms with Gasteiger partial charge in [0.05, 0.1) is 5.02 Å². The Kier molecular flexibility index (Phi) is 3.54. The van der Waals surface area contributed by atoms with Crippen molar-refractivity contribution in [3.63, 3.8) is 0 Å². The molecule has 0 bridgehead atoms. The van der Waals surface area contributed by atoms with Gasteiger partial charge in [-0.05, 0) is 17.7 Å². The molecule has 0 radical (unpaired) electrons. The number of halogens is 1. The van der Waals surface area contributed by atoms with E-state index >= 15 is 0 Å². The quantitative estimate of drug-likeness (QED) is 0.728. The number of phenolic OH excluding ortho intramolecular Hbond substituents is 1. The van der Waals surface area contributed by atoms with Crippen molar-refractivity contribution in [3.8, 4) is 5.75 Å². The Morgan fingerprint density at radius 1 is 1.46 bits per heavy atom. The predicted octanol–water partition coefficient (Wildman–Crippen LogP) is 1.61. The van der Waals surface area contributed by atoms with E-state index in [1.54, 1.807) is 12.1 Å². The van der Waals surface area contributed by atoms with Crippen LogP contribution in [-0.2, 0) is 6.54 Å². The standard InChI is InChI=1S/C9H13ClN2O/c1-12(2)11-6-7-3-4-9(13)8(10)5-7/h3-5,11,13H,6H2,1-2H3. The van der Waals surface area contributed by atoms with E-state index in [-0.39, 0.29) is 5.75 Å². The highest BCUT2D eigenvalue weighted by Crippen LogP contribution is 2.23. The lowest BCUT2D eigenvalue weighted by Crippen LogP contribution is -2.29. The highest BCUT2D eigenvalue weighted by Gasteiger charge is 1.99. The largest absolute Gasteiger partial charge is 0.506 e. The minimum Gasteiger partial charge on any atom is -0.506 e. The van der Waals surface area contributed by atoms with E-state index in [0.717, 1.165) is 5.56 Å². The smallest absolute Gasteiger partial charge is 0.134 e. The summed E-state index contributed by atoms with van der Waals surface area (Å²) in [5.74, 6) is 0.121. The van der Waals surface area contributed by atoms with Crippen LogP contribution in [0.5, 0.6) is 5.75 Å². The summed E-state index contributed by atoms with van der Waals surface area (Å²) in [5.41, 5.74) is 4.14. The maximum Gasteiger partial charge on any atom is 0.134 e. The van der Waals surface area contributed by atoms with E-state index in [4.69, 9.17) is 16.7 Å². The average Bonchev–Trinajstić information content (AvgIpc) is 2.07. The molecule has 72 valence electrons. The molecular formula is C9H13ClN2O. The van der Waals surface area contributed by atoms with Gasteiger partial charge < -0.3 is 5.11 Å². The summed E-state index contributed by atoms with van der Waals surface area (Å²) in [6, 6.07) is 5.17. The van der Waals surface area contributed by atoms with Crippen molar-refractivity contribution in [1.29, 1.82) is 0 Å². The Balaban J connectivity index is 2.63. The van der Waals surface area contributed by atoms with Crippen LogP contribution in [0.25, 0.3) is 0 Å². The molecule has 1 aromatic rings. The molecule has 0 fully saturated rings. The second kappa shape index (κ2) is 4.46. The van der Waals surface area contributed by atoms with Crippen molar-refractivity contribution in [1.82, 2.24) is 10.4 Å². The van der Waals surface area contributed by atoms with E-state index in [1.807, 2.05) is 25.2 Å². The normalized spacial score (nSPS) is 10.8. The molecule has 3 nitrogen and oxygen atoms in total. The average molecular weight is 201 g/mol. The molecule has 0 amide bonds. The Morgan fingerprint density at radius 3 is 2.69 bits per heavy atom. The molecule has 0 saturated carbocycles. The van der Waals surface area contributed by atoms with Crippen molar-refractivity contribution in [2.24, 2.45) is 0 Å². The van der Waals surface area contributed by atoms with E-state index in [1.165, 1.54) is 0 Å². The Labute approximate surface area is 82.9 Å². The molecule has 0 heterocycles. The third kappa shape index (κ3) is 3.22. The molecule has 0 spiro atoms. The van der Waals surface area contributed by atoms with Crippen LogP contribution < -0.4 is 5.43 Å². The molecule has 0 atom stereocenters. The second-order valence-corrected chi connectivity index (χ2v) is 3.42. The number of nitrogens with zero attached hydrogens (tertiary/aromatic N) is 1. The van der Waals surface area contributed by atoms with Crippen LogP contribution in [0.3, 0.4) is 0 Å². The van der Waals surface area contributed by atoms with Gasteiger partial charge in [0, 0.05) is 20.6 Å². The van der Waals surface area contributed by atoms with Crippen LogP contribution in [-0.4, -0.2) is 24.2 Å². The number of phenols is 1. The first kappa shape index (κ1) is 10.3. The van der Waals surface area contributed by atoms with Crippen LogP contribution >= 0.6 is 11.6 Å². The zero-order valence-corrected chi connectivity index (χ0v) is 8.47. The van der Waals surface area contributed by atoms with Crippen molar-refractivity contribution >= 4 is 11.6 Å². The van der Waals surface area contributed by atoms with Gasteiger partial charge in [-0.1, -0.05) is 17.7 Å². The topological polar surface area (TPSA) is 35.5 Å². The van der Waals surface area contributed by atoms with Crippen molar-refractivity contribution in [3.05, 3.63) is 28.8 Å². The third-order valence-corrected chi connectivity index (χ3v) is 1.91. The number of rotatable bonds is 3. The highest BCUT2D eigenvalue weighted by atomic mass is 35.5. The molecule has 13 heavy (non-hydrogen) atoms. The zero-order valence-electron chi connectivity index (χ0n) is 7.71. The predicted molar refractivity (Wildman–Crippen MR) is 53.6 cm³/mol. The van der Waals surface area contributed by atoms with Gasteiger partial charge >= 0.3 is 0 Å². The van der Waals surface area contributed by atoms with Crippen LogP contribution in [0.1, 0.15) is 5.56 Å². The molecule has 0 aromatic heterocycles. The van der Waals surface area contributed by atoms with Gasteiger partial charge in [-0.15, -0.1) is 0 Å². The number of nitrogens with one attached hydrogen (secondary N) is 1. The molecule has 4 heteroatoms. The Morgan fingerprint density at radius 2 is 2.15 bits per heavy atom. The highest BCUT2D eigenvalue weighted by molar-refractivity contribution is 6.32. The zero-order chi connectivity index (χ0) is 9.84. The Hall–Kier alpha value is -0.770. The van der Waals surface area contributed by atoms with Crippen molar-refractivity contribution < 1.29 is 5.11 Å². The summed E-state index contributed by atoms with van der Waals surface area (Å²) in [6.07, 6.45) is 0. The van der Waals surface area contributed by atoms with Crippen LogP contribution in [0, 0.1) is 0 Å². The Bertz CT molecular complexity index is 289. The number of aromatic hydroxyl groups is 1. The van der Waals surface area contributed by atoms with E-state index in [0.29, 0.717) is 11.6 Å².